The molecule has 50 valence electrons. The minimum absolute atomic E-state index is 1.60. The van der Waals surface area contributed by atoms with Crippen LogP contribution in [0.1, 0.15) is 0 Å². The molecule has 0 spiro atoms. The van der Waals surface area contributed by atoms with Gasteiger partial charge in [-0.05, 0) is 19.6 Å². The number of aliphatic hydroxyl groups excluding tert-OH is 1. The Balaban J connectivity index is 3.39. The lowest BCUT2D eigenvalue weighted by atomic mass is 11.4. The molecule has 0 atom stereocenters. The molecule has 0 amide bonds. The molecule has 0 heterocycles. The maximum atomic E-state index is 8.26. The van der Waals surface area contributed by atoms with Crippen LogP contribution in [0.25, 0.3) is 0 Å². The predicted molar refractivity (Wildman–Crippen MR) is 32.7 cm³/mol. The minimum Gasteiger partial charge on any atom is -0.372 e. The molecule has 0 radical (unpaired) electrons. The first kappa shape index (κ1) is 8.10. The maximum absolute atomic E-state index is 8.26. The summed E-state index contributed by atoms with van der Waals surface area (Å²) >= 11 is 0. The second-order valence-electron chi connectivity index (χ2n) is 2.56. The molecule has 0 aromatic rings. The standard InChI is InChI=1S/C4H12O3Si/c1-8(2,3)7-4(5)6/h4-6H,1-3H3. The van der Waals surface area contributed by atoms with Gasteiger partial charge in [-0.3, -0.25) is 0 Å². The van der Waals surface area contributed by atoms with Crippen LogP contribution < -0.4 is 0 Å². The Kier molecular flexibility index (Phi) is 2.62. The average molecular weight is 136 g/mol. The Morgan fingerprint density at radius 2 is 1.62 bits per heavy atom. The van der Waals surface area contributed by atoms with Gasteiger partial charge in [-0.1, -0.05) is 0 Å². The minimum atomic E-state index is -1.72. The first-order valence-electron chi connectivity index (χ1n) is 2.46. The Morgan fingerprint density at radius 1 is 1.25 bits per heavy atom. The zero-order valence-corrected chi connectivity index (χ0v) is 6.38. The lowest BCUT2D eigenvalue weighted by Gasteiger charge is -2.17. The van der Waals surface area contributed by atoms with Gasteiger partial charge in [0.2, 0.25) is 0 Å². The SMILES string of the molecule is C[Si](C)(C)OC(O)O. The third kappa shape index (κ3) is 6.10. The summed E-state index contributed by atoms with van der Waals surface area (Å²) in [6.45, 7) is 4.05. The monoisotopic (exact) mass is 136 g/mol. The van der Waals surface area contributed by atoms with Crippen molar-refractivity contribution in [3.05, 3.63) is 0 Å². The largest absolute Gasteiger partial charge is 0.372 e. The van der Waals surface area contributed by atoms with Crippen LogP contribution in [0.15, 0.2) is 0 Å². The molecule has 0 unspecified atom stereocenters. The van der Waals surface area contributed by atoms with Crippen LogP contribution in [0, 0.1) is 0 Å². The van der Waals surface area contributed by atoms with Crippen molar-refractivity contribution in [1.29, 1.82) is 0 Å². The second-order valence-corrected chi connectivity index (χ2v) is 7.02. The van der Waals surface area contributed by atoms with Crippen LogP contribution in [0.4, 0.5) is 0 Å². The fourth-order valence-electron chi connectivity index (χ4n) is 0.316. The third-order valence-corrected chi connectivity index (χ3v) is 1.38. The molecule has 0 aliphatic heterocycles. The molecule has 0 aromatic heterocycles. The summed E-state index contributed by atoms with van der Waals surface area (Å²) in [5, 5.41) is 16.5. The van der Waals surface area contributed by atoms with Crippen LogP contribution >= 0.6 is 0 Å². The number of hydrogen-bond donors (Lipinski definition) is 2. The smallest absolute Gasteiger partial charge is 0.257 e. The van der Waals surface area contributed by atoms with Crippen LogP contribution in [-0.4, -0.2) is 25.0 Å². The Morgan fingerprint density at radius 3 is 1.62 bits per heavy atom. The van der Waals surface area contributed by atoms with Gasteiger partial charge in [0.05, 0.1) is 0 Å². The molecular weight excluding hydrogens is 124 g/mol. The van der Waals surface area contributed by atoms with Crippen molar-refractivity contribution in [2.24, 2.45) is 0 Å². The van der Waals surface area contributed by atoms with Gasteiger partial charge in [-0.25, -0.2) is 0 Å². The topological polar surface area (TPSA) is 49.7 Å². The number of aliphatic hydroxyl groups is 2. The van der Waals surface area contributed by atoms with E-state index in [-0.39, 0.29) is 0 Å². The van der Waals surface area contributed by atoms with Gasteiger partial charge >= 0.3 is 0 Å². The Labute approximate surface area is 50.0 Å². The van der Waals surface area contributed by atoms with Gasteiger partial charge < -0.3 is 14.6 Å². The van der Waals surface area contributed by atoms with Crippen LogP contribution in [0.3, 0.4) is 0 Å². The van der Waals surface area contributed by atoms with Gasteiger partial charge in [-0.15, -0.1) is 0 Å². The maximum Gasteiger partial charge on any atom is 0.257 e. The summed E-state index contributed by atoms with van der Waals surface area (Å²) in [7, 11) is -1.72. The van der Waals surface area contributed by atoms with Gasteiger partial charge in [0, 0.05) is 0 Å². The molecule has 8 heavy (non-hydrogen) atoms. The molecular formula is C4H12O3Si. The first-order chi connectivity index (χ1) is 3.42. The van der Waals surface area contributed by atoms with E-state index in [0.29, 0.717) is 0 Å². The summed E-state index contributed by atoms with van der Waals surface area (Å²) in [4.78, 5) is 0. The van der Waals surface area contributed by atoms with E-state index in [9.17, 15) is 0 Å². The zero-order chi connectivity index (χ0) is 6.78. The van der Waals surface area contributed by atoms with E-state index in [2.05, 4.69) is 4.43 Å². The zero-order valence-electron chi connectivity index (χ0n) is 5.38. The molecule has 0 saturated carbocycles. The van der Waals surface area contributed by atoms with Crippen LogP contribution in [-0.2, 0) is 4.43 Å². The van der Waals surface area contributed by atoms with Crippen LogP contribution in [0.5, 0.6) is 0 Å². The van der Waals surface area contributed by atoms with Crippen molar-refractivity contribution in [2.45, 2.75) is 26.1 Å². The molecule has 2 N–H and O–H groups in total. The summed E-state index contributed by atoms with van der Waals surface area (Å²) < 4.78 is 4.69. The fraction of sp³-hybridized carbons (Fsp3) is 1.00. The van der Waals surface area contributed by atoms with E-state index < -0.39 is 14.8 Å². The molecule has 0 rings (SSSR count). The third-order valence-electron chi connectivity index (χ3n) is 0.459. The summed E-state index contributed by atoms with van der Waals surface area (Å²) in [6, 6.07) is 0. The molecule has 4 heteroatoms. The molecule has 0 aliphatic carbocycles. The van der Waals surface area contributed by atoms with Gasteiger partial charge in [0.25, 0.3) is 6.48 Å². The molecule has 0 bridgehead atoms. The van der Waals surface area contributed by atoms with Gasteiger partial charge in [0.15, 0.2) is 8.32 Å². The van der Waals surface area contributed by atoms with Crippen molar-refractivity contribution >= 4 is 8.32 Å². The Hall–Kier alpha value is 0.0969. The van der Waals surface area contributed by atoms with Crippen molar-refractivity contribution in [1.82, 2.24) is 0 Å². The highest BCUT2D eigenvalue weighted by molar-refractivity contribution is 6.69. The highest BCUT2D eigenvalue weighted by atomic mass is 28.4. The molecule has 0 aliphatic rings. The normalized spacial score (nSPS) is 12.8. The highest BCUT2D eigenvalue weighted by Crippen LogP contribution is 2.02. The van der Waals surface area contributed by atoms with E-state index in [1.54, 1.807) is 0 Å². The van der Waals surface area contributed by atoms with Crippen molar-refractivity contribution < 1.29 is 14.6 Å². The highest BCUT2D eigenvalue weighted by Gasteiger charge is 2.17. The number of rotatable bonds is 2. The summed E-state index contributed by atoms with van der Waals surface area (Å²) in [6.07, 6.45) is 0. The summed E-state index contributed by atoms with van der Waals surface area (Å²) in [5.41, 5.74) is 0. The van der Waals surface area contributed by atoms with Gasteiger partial charge in [-0.2, -0.15) is 0 Å². The first-order valence-corrected chi connectivity index (χ1v) is 5.86. The quantitative estimate of drug-likeness (QED) is 0.418. The van der Waals surface area contributed by atoms with E-state index in [1.165, 1.54) is 0 Å². The van der Waals surface area contributed by atoms with E-state index in [0.717, 1.165) is 0 Å². The molecule has 3 nitrogen and oxygen atoms in total. The summed E-state index contributed by atoms with van der Waals surface area (Å²) in [5.74, 6) is 0. The predicted octanol–water partition coefficient (Wildman–Crippen LogP) is 0.106. The molecule has 0 aromatic carbocycles. The lowest BCUT2D eigenvalue weighted by Crippen LogP contribution is -2.31. The lowest BCUT2D eigenvalue weighted by molar-refractivity contribution is -0.185. The molecule has 0 fully saturated rings. The van der Waals surface area contributed by atoms with Crippen LogP contribution in [0.2, 0.25) is 19.6 Å². The fourth-order valence-corrected chi connectivity index (χ4v) is 0.949. The number of hydrogen-bond acceptors (Lipinski definition) is 3. The molecule has 0 saturated heterocycles. The second kappa shape index (κ2) is 2.59. The van der Waals surface area contributed by atoms with Crippen molar-refractivity contribution in [3.63, 3.8) is 0 Å². The van der Waals surface area contributed by atoms with E-state index in [1.807, 2.05) is 19.6 Å². The average Bonchev–Trinajstić information content (AvgIpc) is 1.21. The van der Waals surface area contributed by atoms with Gasteiger partial charge in [0.1, 0.15) is 0 Å². The van der Waals surface area contributed by atoms with Crippen molar-refractivity contribution in [3.8, 4) is 0 Å². The van der Waals surface area contributed by atoms with Crippen molar-refractivity contribution in [2.75, 3.05) is 0 Å². The Bertz CT molecular complexity index is 66.2. The van der Waals surface area contributed by atoms with E-state index in [4.69, 9.17) is 10.2 Å². The van der Waals surface area contributed by atoms with E-state index >= 15 is 0 Å².